The number of carbonyl (C=O) groups excluding carboxylic acids is 1. The van der Waals surface area contributed by atoms with Gasteiger partial charge in [-0.1, -0.05) is 19.1 Å². The van der Waals surface area contributed by atoms with Crippen molar-refractivity contribution in [2.75, 3.05) is 25.0 Å². The fourth-order valence-electron chi connectivity index (χ4n) is 4.19. The Hall–Kier alpha value is -2.51. The Kier molecular flexibility index (Phi) is 7.62. The third-order valence-electron chi connectivity index (χ3n) is 5.84. The Labute approximate surface area is 182 Å². The molecule has 1 heterocycles. The third kappa shape index (κ3) is 6.02. The second-order valence-corrected chi connectivity index (χ2v) is 8.27. The van der Waals surface area contributed by atoms with E-state index >= 15 is 0 Å². The minimum absolute atomic E-state index is 0.0805. The fourth-order valence-corrected chi connectivity index (χ4v) is 4.19. The number of anilines is 1. The molecule has 1 aliphatic rings. The van der Waals surface area contributed by atoms with E-state index in [-0.39, 0.29) is 24.9 Å². The van der Waals surface area contributed by atoms with Gasteiger partial charge in [-0.3, -0.25) is 4.79 Å². The number of aliphatic hydroxyl groups is 1. The van der Waals surface area contributed by atoms with E-state index in [1.807, 2.05) is 0 Å². The van der Waals surface area contributed by atoms with Crippen LogP contribution >= 0.6 is 0 Å². The summed E-state index contributed by atoms with van der Waals surface area (Å²) in [4.78, 5) is 13.9. The third-order valence-corrected chi connectivity index (χ3v) is 5.84. The number of fused-ring (bicyclic) bond motifs is 1. The van der Waals surface area contributed by atoms with E-state index in [9.17, 15) is 18.7 Å². The highest BCUT2D eigenvalue weighted by molar-refractivity contribution is 5.73. The molecule has 0 radical (unpaired) electrons. The summed E-state index contributed by atoms with van der Waals surface area (Å²) >= 11 is 0. The van der Waals surface area contributed by atoms with Crippen LogP contribution in [-0.2, 0) is 17.6 Å². The second-order valence-electron chi connectivity index (χ2n) is 8.27. The van der Waals surface area contributed by atoms with Crippen molar-refractivity contribution in [3.63, 3.8) is 0 Å². The number of nitrogens with one attached hydrogen (secondary N) is 2. The summed E-state index contributed by atoms with van der Waals surface area (Å²) in [5.74, 6) is -1.67. The smallest absolute Gasteiger partial charge is 0.217 e. The lowest BCUT2D eigenvalue weighted by atomic mass is 9.93. The van der Waals surface area contributed by atoms with Crippen LogP contribution in [0.3, 0.4) is 0 Å². The summed E-state index contributed by atoms with van der Waals surface area (Å²) in [6.07, 6.45) is 1.04. The number of rotatable bonds is 8. The van der Waals surface area contributed by atoms with E-state index in [1.165, 1.54) is 35.9 Å². The van der Waals surface area contributed by atoms with E-state index < -0.39 is 23.8 Å². The lowest BCUT2D eigenvalue weighted by Crippen LogP contribution is -2.49. The summed E-state index contributed by atoms with van der Waals surface area (Å²) in [7, 11) is 2.07. The first kappa shape index (κ1) is 23.2. The van der Waals surface area contributed by atoms with Gasteiger partial charge in [0.05, 0.1) is 12.1 Å². The minimum Gasteiger partial charge on any atom is -0.390 e. The number of amides is 1. The summed E-state index contributed by atoms with van der Waals surface area (Å²) in [5, 5.41) is 17.0. The maximum absolute atomic E-state index is 13.6. The zero-order chi connectivity index (χ0) is 22.5. The number of hydrogen-bond acceptors (Lipinski definition) is 4. The Morgan fingerprint density at radius 3 is 2.55 bits per heavy atom. The summed E-state index contributed by atoms with van der Waals surface area (Å²) < 4.78 is 27.1. The molecule has 3 atom stereocenters. The van der Waals surface area contributed by atoms with Crippen LogP contribution in [0.5, 0.6) is 0 Å². The number of hydrogen-bond donors (Lipinski definition) is 3. The Morgan fingerprint density at radius 2 is 1.90 bits per heavy atom. The SMILES string of the molecule is CCc1ccc2c(c1)[C@H](NC[C@H](O)[C@H](Cc1cc(F)cc(F)c1)NC(C)=O)CCN2C. The predicted octanol–water partition coefficient (Wildman–Crippen LogP) is 3.11. The number of carbonyl (C=O) groups is 1. The van der Waals surface area contributed by atoms with Crippen LogP contribution in [-0.4, -0.2) is 43.3 Å². The van der Waals surface area contributed by atoms with Crippen LogP contribution in [0.1, 0.15) is 43.0 Å². The molecule has 0 fully saturated rings. The normalized spacial score (nSPS) is 17.7. The van der Waals surface area contributed by atoms with Gasteiger partial charge in [-0.2, -0.15) is 0 Å². The molecule has 0 bridgehead atoms. The lowest BCUT2D eigenvalue weighted by molar-refractivity contribution is -0.120. The zero-order valence-corrected chi connectivity index (χ0v) is 18.3. The number of aliphatic hydroxyl groups excluding tert-OH is 1. The molecule has 2 aromatic carbocycles. The second kappa shape index (κ2) is 10.2. The minimum atomic E-state index is -0.923. The Bertz CT molecular complexity index is 901. The van der Waals surface area contributed by atoms with Crippen molar-refractivity contribution in [2.45, 2.75) is 51.3 Å². The van der Waals surface area contributed by atoms with Gasteiger partial charge in [0.1, 0.15) is 11.6 Å². The van der Waals surface area contributed by atoms with Gasteiger partial charge < -0.3 is 20.6 Å². The van der Waals surface area contributed by atoms with E-state index in [4.69, 9.17) is 0 Å². The monoisotopic (exact) mass is 431 g/mol. The highest BCUT2D eigenvalue weighted by Crippen LogP contribution is 2.33. The van der Waals surface area contributed by atoms with E-state index in [1.54, 1.807) is 0 Å². The molecule has 31 heavy (non-hydrogen) atoms. The van der Waals surface area contributed by atoms with Crippen molar-refractivity contribution in [2.24, 2.45) is 0 Å². The first-order valence-corrected chi connectivity index (χ1v) is 10.7. The molecular formula is C24H31F2N3O2. The predicted molar refractivity (Wildman–Crippen MR) is 118 cm³/mol. The van der Waals surface area contributed by atoms with Gasteiger partial charge >= 0.3 is 0 Å². The summed E-state index contributed by atoms with van der Waals surface area (Å²) in [6.45, 7) is 4.61. The van der Waals surface area contributed by atoms with Crippen molar-refractivity contribution in [1.82, 2.24) is 10.6 Å². The van der Waals surface area contributed by atoms with Gasteiger partial charge in [0.25, 0.3) is 0 Å². The number of halogens is 2. The van der Waals surface area contributed by atoms with Crippen LogP contribution in [0.2, 0.25) is 0 Å². The molecule has 0 aromatic heterocycles. The largest absolute Gasteiger partial charge is 0.390 e. The molecule has 3 N–H and O–H groups in total. The van der Waals surface area contributed by atoms with Crippen LogP contribution in [0.4, 0.5) is 14.5 Å². The van der Waals surface area contributed by atoms with Gasteiger partial charge in [-0.15, -0.1) is 0 Å². The van der Waals surface area contributed by atoms with Gasteiger partial charge in [-0.25, -0.2) is 8.78 Å². The molecule has 1 aliphatic heterocycles. The van der Waals surface area contributed by atoms with Crippen LogP contribution in [0.15, 0.2) is 36.4 Å². The highest BCUT2D eigenvalue weighted by atomic mass is 19.1. The van der Waals surface area contributed by atoms with E-state index in [0.29, 0.717) is 5.56 Å². The van der Waals surface area contributed by atoms with E-state index in [0.717, 1.165) is 25.5 Å². The van der Waals surface area contributed by atoms with Crippen LogP contribution < -0.4 is 15.5 Å². The quantitative estimate of drug-likeness (QED) is 0.601. The molecule has 0 aliphatic carbocycles. The average Bonchev–Trinajstić information content (AvgIpc) is 2.71. The topological polar surface area (TPSA) is 64.6 Å². The van der Waals surface area contributed by atoms with Gasteiger partial charge in [-0.05, 0) is 54.2 Å². The maximum Gasteiger partial charge on any atom is 0.217 e. The number of nitrogens with zero attached hydrogens (tertiary/aromatic N) is 1. The lowest BCUT2D eigenvalue weighted by Gasteiger charge is -2.35. The average molecular weight is 432 g/mol. The molecule has 0 unspecified atom stereocenters. The molecular weight excluding hydrogens is 400 g/mol. The first-order chi connectivity index (χ1) is 14.8. The zero-order valence-electron chi connectivity index (χ0n) is 18.3. The Balaban J connectivity index is 1.71. The van der Waals surface area contributed by atoms with Crippen molar-refractivity contribution < 1.29 is 18.7 Å². The molecule has 7 heteroatoms. The van der Waals surface area contributed by atoms with Crippen molar-refractivity contribution in [3.8, 4) is 0 Å². The van der Waals surface area contributed by atoms with E-state index in [2.05, 4.69) is 47.7 Å². The number of benzene rings is 2. The molecule has 0 spiro atoms. The van der Waals surface area contributed by atoms with Crippen molar-refractivity contribution in [1.29, 1.82) is 0 Å². The van der Waals surface area contributed by atoms with Gasteiger partial charge in [0.2, 0.25) is 5.91 Å². The van der Waals surface area contributed by atoms with Crippen LogP contribution in [0, 0.1) is 11.6 Å². The summed E-state index contributed by atoms with van der Waals surface area (Å²) in [5.41, 5.74) is 4.01. The van der Waals surface area contributed by atoms with Crippen molar-refractivity contribution >= 4 is 11.6 Å². The van der Waals surface area contributed by atoms with Gasteiger partial charge in [0, 0.05) is 44.9 Å². The molecule has 5 nitrogen and oxygen atoms in total. The van der Waals surface area contributed by atoms with Gasteiger partial charge in [0.15, 0.2) is 0 Å². The first-order valence-electron chi connectivity index (χ1n) is 10.7. The van der Waals surface area contributed by atoms with Crippen LogP contribution in [0.25, 0.3) is 0 Å². The molecule has 0 saturated carbocycles. The molecule has 168 valence electrons. The summed E-state index contributed by atoms with van der Waals surface area (Å²) in [6, 6.07) is 9.13. The molecule has 2 aromatic rings. The maximum atomic E-state index is 13.6. The molecule has 3 rings (SSSR count). The van der Waals surface area contributed by atoms with Crippen molar-refractivity contribution in [3.05, 3.63) is 64.7 Å². The standard InChI is InChI=1S/C24H31F2N3O2/c1-4-16-5-6-23-20(11-16)21(7-8-29(23)3)27-14-24(31)22(28-15(2)30)12-17-9-18(25)13-19(26)10-17/h5-6,9-11,13,21-22,24,27,31H,4,7-8,12,14H2,1-3H3,(H,28,30)/t21-,22+,24+/m1/s1. The Morgan fingerprint density at radius 1 is 1.19 bits per heavy atom. The number of aryl methyl sites for hydroxylation is 1. The fraction of sp³-hybridized carbons (Fsp3) is 0.458. The molecule has 1 amide bonds. The molecule has 0 saturated heterocycles. The highest BCUT2D eigenvalue weighted by Gasteiger charge is 2.26.